The predicted molar refractivity (Wildman–Crippen MR) is 90.1 cm³/mol. The number of aldehydes is 1. The third kappa shape index (κ3) is 8.42. The molecule has 0 unspecified atom stereocenters. The maximum atomic E-state index is 10.3. The number of rotatable bonds is 11. The summed E-state index contributed by atoms with van der Waals surface area (Å²) in [5.41, 5.74) is 2.39. The average Bonchev–Trinajstić information content (AvgIpc) is 2.55. The monoisotopic (exact) mass is 302 g/mol. The molecule has 0 bridgehead atoms. The lowest BCUT2D eigenvalue weighted by atomic mass is 10.1. The van der Waals surface area contributed by atoms with E-state index in [1.54, 1.807) is 7.11 Å². The van der Waals surface area contributed by atoms with E-state index in [2.05, 4.69) is 18.2 Å². The number of carbonyl (C=O) groups excluding carboxylic acids is 1. The molecule has 3 heteroatoms. The van der Waals surface area contributed by atoms with Gasteiger partial charge in [-0.05, 0) is 43.9 Å². The Morgan fingerprint density at radius 1 is 1.18 bits per heavy atom. The molecule has 0 spiro atoms. The minimum Gasteiger partial charge on any atom is -0.497 e. The van der Waals surface area contributed by atoms with Gasteiger partial charge < -0.3 is 14.3 Å². The zero-order valence-corrected chi connectivity index (χ0v) is 13.6. The van der Waals surface area contributed by atoms with Crippen LogP contribution < -0.4 is 4.74 Å². The standard InChI is InChI=1S/C19H26O3/c1-17(9-7-14-20)8-5-3-4-6-15-22-16-18-10-12-19(21-2)13-11-18/h3,5,8,10-14H,4,6-7,9,15-16H2,1-2H3/b5-3+,17-8+. The van der Waals surface area contributed by atoms with Gasteiger partial charge in [-0.25, -0.2) is 0 Å². The molecule has 0 aliphatic rings. The summed E-state index contributed by atoms with van der Waals surface area (Å²) >= 11 is 0. The summed E-state index contributed by atoms with van der Waals surface area (Å²) in [6, 6.07) is 7.93. The zero-order valence-electron chi connectivity index (χ0n) is 13.6. The van der Waals surface area contributed by atoms with Gasteiger partial charge in [0.15, 0.2) is 0 Å². The lowest BCUT2D eigenvalue weighted by Crippen LogP contribution is -1.95. The van der Waals surface area contributed by atoms with Gasteiger partial charge in [-0.3, -0.25) is 0 Å². The van der Waals surface area contributed by atoms with Crippen LogP contribution in [0.15, 0.2) is 48.1 Å². The fraction of sp³-hybridized carbons (Fsp3) is 0.421. The predicted octanol–water partition coefficient (Wildman–Crippen LogP) is 4.47. The van der Waals surface area contributed by atoms with Gasteiger partial charge in [0.25, 0.3) is 0 Å². The van der Waals surface area contributed by atoms with E-state index in [0.29, 0.717) is 13.0 Å². The van der Waals surface area contributed by atoms with Gasteiger partial charge in [0.1, 0.15) is 12.0 Å². The summed E-state index contributed by atoms with van der Waals surface area (Å²) in [6.07, 6.45) is 10.7. The molecule has 0 N–H and O–H groups in total. The van der Waals surface area contributed by atoms with Crippen molar-refractivity contribution in [2.24, 2.45) is 0 Å². The average molecular weight is 302 g/mol. The summed E-state index contributed by atoms with van der Waals surface area (Å²) in [7, 11) is 1.66. The van der Waals surface area contributed by atoms with E-state index >= 15 is 0 Å². The lowest BCUT2D eigenvalue weighted by molar-refractivity contribution is -0.107. The maximum absolute atomic E-state index is 10.3. The first-order chi connectivity index (χ1) is 10.8. The second kappa shape index (κ2) is 11.8. The lowest BCUT2D eigenvalue weighted by Gasteiger charge is -2.04. The summed E-state index contributed by atoms with van der Waals surface area (Å²) < 4.78 is 10.8. The van der Waals surface area contributed by atoms with Crippen molar-refractivity contribution in [2.75, 3.05) is 13.7 Å². The van der Waals surface area contributed by atoms with Gasteiger partial charge in [0.2, 0.25) is 0 Å². The maximum Gasteiger partial charge on any atom is 0.120 e. The Labute approximate surface area is 133 Å². The van der Waals surface area contributed by atoms with Crippen LogP contribution in [0.4, 0.5) is 0 Å². The van der Waals surface area contributed by atoms with Gasteiger partial charge in [0.05, 0.1) is 13.7 Å². The van der Waals surface area contributed by atoms with Crippen molar-refractivity contribution in [3.8, 4) is 5.75 Å². The van der Waals surface area contributed by atoms with Crippen LogP contribution in [-0.2, 0) is 16.1 Å². The fourth-order valence-corrected chi connectivity index (χ4v) is 1.91. The number of hydrogen-bond donors (Lipinski definition) is 0. The number of unbranched alkanes of at least 4 members (excludes halogenated alkanes) is 1. The van der Waals surface area contributed by atoms with Crippen LogP contribution in [0.5, 0.6) is 5.75 Å². The molecule has 22 heavy (non-hydrogen) atoms. The fourth-order valence-electron chi connectivity index (χ4n) is 1.91. The van der Waals surface area contributed by atoms with Crippen LogP contribution in [-0.4, -0.2) is 20.0 Å². The molecule has 1 aromatic carbocycles. The van der Waals surface area contributed by atoms with Gasteiger partial charge >= 0.3 is 0 Å². The van der Waals surface area contributed by atoms with Crippen LogP contribution in [0.3, 0.4) is 0 Å². The third-order valence-corrected chi connectivity index (χ3v) is 3.26. The quantitative estimate of drug-likeness (QED) is 0.343. The topological polar surface area (TPSA) is 35.5 Å². The number of hydrogen-bond acceptors (Lipinski definition) is 3. The van der Waals surface area contributed by atoms with Crippen molar-refractivity contribution in [2.45, 2.75) is 39.2 Å². The highest BCUT2D eigenvalue weighted by atomic mass is 16.5. The minimum absolute atomic E-state index is 0.607. The smallest absolute Gasteiger partial charge is 0.120 e. The molecule has 0 aromatic heterocycles. The van der Waals surface area contributed by atoms with Crippen LogP contribution >= 0.6 is 0 Å². The third-order valence-electron chi connectivity index (χ3n) is 3.26. The number of allylic oxidation sites excluding steroid dienone is 4. The molecule has 0 aliphatic heterocycles. The first-order valence-electron chi connectivity index (χ1n) is 7.73. The van der Waals surface area contributed by atoms with Crippen molar-refractivity contribution < 1.29 is 14.3 Å². The van der Waals surface area contributed by atoms with Crippen molar-refractivity contribution >= 4 is 6.29 Å². The summed E-state index contributed by atoms with van der Waals surface area (Å²) in [4.78, 5) is 10.3. The molecule has 0 saturated carbocycles. The van der Waals surface area contributed by atoms with Crippen molar-refractivity contribution in [3.05, 3.63) is 53.6 Å². The zero-order chi connectivity index (χ0) is 16.0. The summed E-state index contributed by atoms with van der Waals surface area (Å²) in [5.74, 6) is 0.866. The summed E-state index contributed by atoms with van der Waals surface area (Å²) in [5, 5.41) is 0. The highest BCUT2D eigenvalue weighted by Crippen LogP contribution is 2.12. The number of ether oxygens (including phenoxy) is 2. The van der Waals surface area contributed by atoms with E-state index in [-0.39, 0.29) is 0 Å². The molecule has 0 saturated heterocycles. The summed E-state index contributed by atoms with van der Waals surface area (Å²) in [6.45, 7) is 3.44. The Morgan fingerprint density at radius 3 is 2.64 bits per heavy atom. The van der Waals surface area contributed by atoms with Crippen LogP contribution in [0.2, 0.25) is 0 Å². The number of benzene rings is 1. The van der Waals surface area contributed by atoms with Crippen molar-refractivity contribution in [1.29, 1.82) is 0 Å². The van der Waals surface area contributed by atoms with E-state index in [4.69, 9.17) is 9.47 Å². The molecule has 0 atom stereocenters. The SMILES string of the molecule is COc1ccc(COCCC/C=C/C=C(\C)CCC=O)cc1. The molecule has 120 valence electrons. The molecule has 0 aliphatic carbocycles. The molecule has 1 aromatic rings. The van der Waals surface area contributed by atoms with E-state index in [1.807, 2.05) is 31.2 Å². The molecular weight excluding hydrogens is 276 g/mol. The van der Waals surface area contributed by atoms with Crippen LogP contribution in [0.25, 0.3) is 0 Å². The minimum atomic E-state index is 0.607. The number of carbonyl (C=O) groups is 1. The van der Waals surface area contributed by atoms with Crippen molar-refractivity contribution in [3.63, 3.8) is 0 Å². The van der Waals surface area contributed by atoms with Crippen molar-refractivity contribution in [1.82, 2.24) is 0 Å². The largest absolute Gasteiger partial charge is 0.497 e. The highest BCUT2D eigenvalue weighted by molar-refractivity contribution is 5.49. The van der Waals surface area contributed by atoms with Gasteiger partial charge in [0, 0.05) is 13.0 Å². The van der Waals surface area contributed by atoms with Gasteiger partial charge in [-0.2, -0.15) is 0 Å². The first-order valence-corrected chi connectivity index (χ1v) is 7.73. The van der Waals surface area contributed by atoms with E-state index in [1.165, 1.54) is 5.57 Å². The highest BCUT2D eigenvalue weighted by Gasteiger charge is 1.94. The molecule has 0 heterocycles. The molecule has 0 amide bonds. The molecule has 1 rings (SSSR count). The van der Waals surface area contributed by atoms with E-state index in [0.717, 1.165) is 43.5 Å². The first kappa shape index (κ1) is 18.2. The Balaban J connectivity index is 2.08. The van der Waals surface area contributed by atoms with Gasteiger partial charge in [-0.15, -0.1) is 0 Å². The Morgan fingerprint density at radius 2 is 1.95 bits per heavy atom. The molecule has 0 fully saturated rings. The second-order valence-electron chi connectivity index (χ2n) is 5.19. The molecule has 3 nitrogen and oxygen atoms in total. The van der Waals surface area contributed by atoms with Crippen LogP contribution in [0, 0.1) is 0 Å². The second-order valence-corrected chi connectivity index (χ2v) is 5.19. The normalized spacial score (nSPS) is 11.8. The number of methoxy groups -OCH3 is 1. The van der Waals surface area contributed by atoms with Crippen LogP contribution in [0.1, 0.15) is 38.2 Å². The van der Waals surface area contributed by atoms with Gasteiger partial charge in [-0.1, -0.05) is 35.9 Å². The Kier molecular flexibility index (Phi) is 9.71. The molecular formula is C19H26O3. The van der Waals surface area contributed by atoms with E-state index in [9.17, 15) is 4.79 Å². The Hall–Kier alpha value is -1.87. The Bertz CT molecular complexity index is 472. The molecule has 0 radical (unpaired) electrons. The van der Waals surface area contributed by atoms with E-state index < -0.39 is 0 Å².